The number of benzene rings is 1. The Labute approximate surface area is 111 Å². The maximum atomic E-state index is 13.1. The van der Waals surface area contributed by atoms with Crippen molar-refractivity contribution in [1.82, 2.24) is 10.1 Å². The lowest BCUT2D eigenvalue weighted by atomic mass is 9.98. The molecule has 1 unspecified atom stereocenters. The molecule has 2 rings (SSSR count). The molecule has 102 valence electrons. The van der Waals surface area contributed by atoms with Gasteiger partial charge < -0.3 is 10.3 Å². The first-order valence-electron chi connectivity index (χ1n) is 6.37. The van der Waals surface area contributed by atoms with E-state index in [1.807, 2.05) is 13.0 Å². The third-order valence-corrected chi connectivity index (χ3v) is 2.98. The molecule has 4 nitrogen and oxygen atoms in total. The van der Waals surface area contributed by atoms with Crippen molar-refractivity contribution < 1.29 is 8.91 Å². The van der Waals surface area contributed by atoms with E-state index in [4.69, 9.17) is 10.3 Å². The van der Waals surface area contributed by atoms with Gasteiger partial charge in [0.2, 0.25) is 5.89 Å². The summed E-state index contributed by atoms with van der Waals surface area (Å²) in [4.78, 5) is 4.30. The van der Waals surface area contributed by atoms with Crippen molar-refractivity contribution in [3.05, 3.63) is 47.4 Å². The highest BCUT2D eigenvalue weighted by molar-refractivity contribution is 5.20. The number of hydrogen-bond donors (Lipinski definition) is 1. The van der Waals surface area contributed by atoms with E-state index in [0.29, 0.717) is 18.1 Å². The Morgan fingerprint density at radius 1 is 1.42 bits per heavy atom. The van der Waals surface area contributed by atoms with Gasteiger partial charge in [-0.25, -0.2) is 4.39 Å². The highest BCUT2D eigenvalue weighted by Gasteiger charge is 2.27. The van der Waals surface area contributed by atoms with Crippen LogP contribution in [0, 0.1) is 5.82 Å². The zero-order chi connectivity index (χ0) is 13.9. The second kappa shape index (κ2) is 5.48. The molecule has 0 fully saturated rings. The lowest BCUT2D eigenvalue weighted by molar-refractivity contribution is 0.282. The smallest absolute Gasteiger partial charge is 0.246 e. The van der Waals surface area contributed by atoms with Crippen LogP contribution in [-0.2, 0) is 12.0 Å². The summed E-state index contributed by atoms with van der Waals surface area (Å²) in [5.74, 6) is 0.685. The number of nitrogens with two attached hydrogens (primary N) is 1. The van der Waals surface area contributed by atoms with Crippen LogP contribution in [0.5, 0.6) is 0 Å². The molecule has 1 aromatic heterocycles. The number of hydrogen-bond acceptors (Lipinski definition) is 4. The van der Waals surface area contributed by atoms with Crippen LogP contribution in [0.1, 0.15) is 44.0 Å². The molecule has 0 amide bonds. The average molecular weight is 263 g/mol. The zero-order valence-corrected chi connectivity index (χ0v) is 11.2. The zero-order valence-electron chi connectivity index (χ0n) is 11.2. The van der Waals surface area contributed by atoms with Crippen LogP contribution in [0.4, 0.5) is 4.39 Å². The minimum Gasteiger partial charge on any atom is -0.337 e. The number of rotatable bonds is 5. The quantitative estimate of drug-likeness (QED) is 0.900. The maximum absolute atomic E-state index is 13.1. The summed E-state index contributed by atoms with van der Waals surface area (Å²) in [6, 6.07) is 6.36. The summed E-state index contributed by atoms with van der Waals surface area (Å²) in [5.41, 5.74) is 6.32. The summed E-state index contributed by atoms with van der Waals surface area (Å²) >= 11 is 0. The Morgan fingerprint density at radius 3 is 2.89 bits per heavy atom. The molecule has 1 atom stereocenters. The standard InChI is InChI=1S/C14H18FN3O/c1-3-7-14(2,16)13-17-12(18-19-13)9-10-5-4-6-11(15)8-10/h4-6,8H,3,7,9,16H2,1-2H3. The lowest BCUT2D eigenvalue weighted by Crippen LogP contribution is -2.33. The molecule has 0 aliphatic carbocycles. The van der Waals surface area contributed by atoms with E-state index in [9.17, 15) is 4.39 Å². The highest BCUT2D eigenvalue weighted by atomic mass is 19.1. The molecule has 2 N–H and O–H groups in total. The fourth-order valence-electron chi connectivity index (χ4n) is 2.01. The van der Waals surface area contributed by atoms with Crippen molar-refractivity contribution in [3.8, 4) is 0 Å². The van der Waals surface area contributed by atoms with Crippen molar-refractivity contribution in [2.75, 3.05) is 0 Å². The van der Waals surface area contributed by atoms with Crippen LogP contribution in [0.15, 0.2) is 28.8 Å². The molecule has 1 aromatic carbocycles. The molecule has 0 radical (unpaired) electrons. The second-order valence-electron chi connectivity index (χ2n) is 4.99. The van der Waals surface area contributed by atoms with Crippen molar-refractivity contribution >= 4 is 0 Å². The number of halogens is 1. The van der Waals surface area contributed by atoms with Crippen LogP contribution < -0.4 is 5.73 Å². The van der Waals surface area contributed by atoms with E-state index < -0.39 is 5.54 Å². The molecule has 0 aliphatic rings. The van der Waals surface area contributed by atoms with Gasteiger partial charge >= 0.3 is 0 Å². The van der Waals surface area contributed by atoms with Crippen LogP contribution in [0.2, 0.25) is 0 Å². The van der Waals surface area contributed by atoms with Crippen molar-refractivity contribution in [1.29, 1.82) is 0 Å². The minimum atomic E-state index is -0.609. The van der Waals surface area contributed by atoms with Gasteiger partial charge in [0.05, 0.1) is 5.54 Å². The van der Waals surface area contributed by atoms with Crippen LogP contribution in [0.3, 0.4) is 0 Å². The van der Waals surface area contributed by atoms with Crippen LogP contribution in [-0.4, -0.2) is 10.1 Å². The predicted molar refractivity (Wildman–Crippen MR) is 70.0 cm³/mol. The monoisotopic (exact) mass is 263 g/mol. The fourth-order valence-corrected chi connectivity index (χ4v) is 2.01. The molecular formula is C14H18FN3O. The molecule has 2 aromatic rings. The van der Waals surface area contributed by atoms with Gasteiger partial charge in [-0.05, 0) is 31.0 Å². The van der Waals surface area contributed by atoms with Gasteiger partial charge in [0.25, 0.3) is 0 Å². The molecule has 19 heavy (non-hydrogen) atoms. The maximum Gasteiger partial charge on any atom is 0.246 e. The van der Waals surface area contributed by atoms with Gasteiger partial charge in [-0.2, -0.15) is 4.98 Å². The molecule has 1 heterocycles. The average Bonchev–Trinajstić information content (AvgIpc) is 2.78. The van der Waals surface area contributed by atoms with Crippen molar-refractivity contribution in [2.45, 2.75) is 38.6 Å². The third-order valence-electron chi connectivity index (χ3n) is 2.98. The first kappa shape index (κ1) is 13.7. The van der Waals surface area contributed by atoms with E-state index in [2.05, 4.69) is 17.1 Å². The second-order valence-corrected chi connectivity index (χ2v) is 4.99. The van der Waals surface area contributed by atoms with Crippen LogP contribution >= 0.6 is 0 Å². The fraction of sp³-hybridized carbons (Fsp3) is 0.429. The Kier molecular flexibility index (Phi) is 3.95. The van der Waals surface area contributed by atoms with Gasteiger partial charge in [0, 0.05) is 6.42 Å². The van der Waals surface area contributed by atoms with E-state index >= 15 is 0 Å². The molecule has 0 spiro atoms. The molecule has 0 bridgehead atoms. The van der Waals surface area contributed by atoms with Gasteiger partial charge in [-0.15, -0.1) is 0 Å². The molecule has 0 saturated carbocycles. The van der Waals surface area contributed by atoms with Crippen molar-refractivity contribution in [3.63, 3.8) is 0 Å². The predicted octanol–water partition coefficient (Wildman–Crippen LogP) is 2.77. The van der Waals surface area contributed by atoms with E-state index in [1.165, 1.54) is 12.1 Å². The summed E-state index contributed by atoms with van der Waals surface area (Å²) in [7, 11) is 0. The Balaban J connectivity index is 2.13. The van der Waals surface area contributed by atoms with Gasteiger partial charge in [-0.1, -0.05) is 30.6 Å². The number of aromatic nitrogens is 2. The Bertz CT molecular complexity index is 551. The van der Waals surface area contributed by atoms with Crippen LogP contribution in [0.25, 0.3) is 0 Å². The first-order valence-corrected chi connectivity index (χ1v) is 6.37. The van der Waals surface area contributed by atoms with Gasteiger partial charge in [0.15, 0.2) is 5.82 Å². The Morgan fingerprint density at radius 2 is 2.21 bits per heavy atom. The first-order chi connectivity index (χ1) is 9.01. The molecule has 5 heteroatoms. The van der Waals surface area contributed by atoms with E-state index in [1.54, 1.807) is 6.07 Å². The summed E-state index contributed by atoms with van der Waals surface area (Å²) < 4.78 is 18.3. The SMILES string of the molecule is CCCC(C)(N)c1nc(Cc2cccc(F)c2)no1. The molecule has 0 saturated heterocycles. The number of nitrogens with zero attached hydrogens (tertiary/aromatic N) is 2. The topological polar surface area (TPSA) is 64.9 Å². The Hall–Kier alpha value is -1.75. The summed E-state index contributed by atoms with van der Waals surface area (Å²) in [6.07, 6.45) is 2.15. The summed E-state index contributed by atoms with van der Waals surface area (Å²) in [6.45, 7) is 3.92. The highest BCUT2D eigenvalue weighted by Crippen LogP contribution is 2.21. The normalized spacial score (nSPS) is 14.3. The van der Waals surface area contributed by atoms with E-state index in [0.717, 1.165) is 18.4 Å². The lowest BCUT2D eigenvalue weighted by Gasteiger charge is -2.18. The van der Waals surface area contributed by atoms with E-state index in [-0.39, 0.29) is 5.82 Å². The molecule has 0 aliphatic heterocycles. The largest absolute Gasteiger partial charge is 0.337 e. The van der Waals surface area contributed by atoms with Crippen molar-refractivity contribution in [2.24, 2.45) is 5.73 Å². The molecular weight excluding hydrogens is 245 g/mol. The summed E-state index contributed by atoms with van der Waals surface area (Å²) in [5, 5.41) is 3.90. The van der Waals surface area contributed by atoms with Gasteiger partial charge in [-0.3, -0.25) is 0 Å². The van der Waals surface area contributed by atoms with Gasteiger partial charge in [0.1, 0.15) is 5.82 Å². The third kappa shape index (κ3) is 3.38. The minimum absolute atomic E-state index is 0.268.